The average Bonchev–Trinajstić information content (AvgIpc) is 3.00. The number of hydrogen-bond donors (Lipinski definition) is 2. The minimum absolute atomic E-state index is 0.286. The number of ether oxygens (including phenoxy) is 1. The van der Waals surface area contributed by atoms with Gasteiger partial charge in [0.05, 0.1) is 12.2 Å². The molecule has 1 heterocycles. The summed E-state index contributed by atoms with van der Waals surface area (Å²) in [5.74, 6) is -0.453. The number of carbonyl (C=O) groups is 1. The van der Waals surface area contributed by atoms with Crippen molar-refractivity contribution in [3.63, 3.8) is 0 Å². The van der Waals surface area contributed by atoms with Gasteiger partial charge >= 0.3 is 5.97 Å². The molecule has 0 aliphatic heterocycles. The Morgan fingerprint density at radius 3 is 2.91 bits per heavy atom. The number of rotatable bonds is 3. The van der Waals surface area contributed by atoms with E-state index in [1.807, 2.05) is 37.4 Å². The third-order valence-corrected chi connectivity index (χ3v) is 3.98. The number of carbonyl (C=O) groups excluding carboxylic acids is 1. The van der Waals surface area contributed by atoms with Crippen molar-refractivity contribution in [3.05, 3.63) is 64.5 Å². The quantitative estimate of drug-likeness (QED) is 0.856. The molecule has 0 saturated heterocycles. The Kier molecular flexibility index (Phi) is 3.86. The van der Waals surface area contributed by atoms with Gasteiger partial charge in [0, 0.05) is 18.3 Å². The molecule has 1 aliphatic carbocycles. The first-order valence-electron chi connectivity index (χ1n) is 7.43. The van der Waals surface area contributed by atoms with Gasteiger partial charge in [0.2, 0.25) is 0 Å². The number of aromatic nitrogens is 1. The number of nitrogens with one attached hydrogen (secondary N) is 1. The second-order valence-corrected chi connectivity index (χ2v) is 5.48. The standard InChI is InChI=1S/C18H19NO3/c1-3-22-18(21)16-14(15-5-4-8-19-15)10-12-9-11(2)6-7-13(12)17(16)20/h4-9,17,19-20H,3,10H2,1-2H3. The van der Waals surface area contributed by atoms with Gasteiger partial charge in [-0.25, -0.2) is 4.79 Å². The van der Waals surface area contributed by atoms with Crippen LogP contribution >= 0.6 is 0 Å². The van der Waals surface area contributed by atoms with Gasteiger partial charge in [-0.1, -0.05) is 23.8 Å². The second kappa shape index (κ2) is 5.81. The predicted octanol–water partition coefficient (Wildman–Crippen LogP) is 2.93. The van der Waals surface area contributed by atoms with E-state index in [1.54, 1.807) is 6.92 Å². The van der Waals surface area contributed by atoms with E-state index in [1.165, 1.54) is 0 Å². The maximum absolute atomic E-state index is 12.3. The van der Waals surface area contributed by atoms with Crippen LogP contribution in [0.5, 0.6) is 0 Å². The molecule has 4 heteroatoms. The molecule has 0 radical (unpaired) electrons. The Hall–Kier alpha value is -2.33. The summed E-state index contributed by atoms with van der Waals surface area (Å²) in [6.45, 7) is 4.07. The van der Waals surface area contributed by atoms with Gasteiger partial charge in [0.1, 0.15) is 6.10 Å². The van der Waals surface area contributed by atoms with Crippen LogP contribution in [0.4, 0.5) is 0 Å². The van der Waals surface area contributed by atoms with Crippen molar-refractivity contribution < 1.29 is 14.6 Å². The predicted molar refractivity (Wildman–Crippen MR) is 84.2 cm³/mol. The summed E-state index contributed by atoms with van der Waals surface area (Å²) in [7, 11) is 0. The van der Waals surface area contributed by atoms with Crippen LogP contribution in [0.1, 0.15) is 35.4 Å². The monoisotopic (exact) mass is 297 g/mol. The normalized spacial score (nSPS) is 17.3. The van der Waals surface area contributed by atoms with Crippen molar-refractivity contribution in [1.29, 1.82) is 0 Å². The number of esters is 1. The summed E-state index contributed by atoms with van der Waals surface area (Å²) in [4.78, 5) is 15.5. The Bertz CT molecular complexity index is 729. The van der Waals surface area contributed by atoms with Crippen LogP contribution in [0.3, 0.4) is 0 Å². The highest BCUT2D eigenvalue weighted by molar-refractivity contribution is 6.00. The highest BCUT2D eigenvalue weighted by Crippen LogP contribution is 2.39. The first kappa shape index (κ1) is 14.6. The fraction of sp³-hybridized carbons (Fsp3) is 0.278. The Morgan fingerprint density at radius 1 is 1.41 bits per heavy atom. The lowest BCUT2D eigenvalue weighted by Gasteiger charge is -2.26. The summed E-state index contributed by atoms with van der Waals surface area (Å²) in [6.07, 6.45) is 1.45. The van der Waals surface area contributed by atoms with E-state index in [0.717, 1.165) is 28.0 Å². The summed E-state index contributed by atoms with van der Waals surface area (Å²) in [5.41, 5.74) is 4.94. The molecule has 1 aromatic heterocycles. The summed E-state index contributed by atoms with van der Waals surface area (Å²) < 4.78 is 5.15. The van der Waals surface area contributed by atoms with Gasteiger partial charge < -0.3 is 14.8 Å². The van der Waals surface area contributed by atoms with Gasteiger partial charge in [-0.15, -0.1) is 0 Å². The number of allylic oxidation sites excluding steroid dienone is 1. The van der Waals surface area contributed by atoms with Crippen LogP contribution in [0.2, 0.25) is 0 Å². The van der Waals surface area contributed by atoms with Gasteiger partial charge in [0.15, 0.2) is 0 Å². The average molecular weight is 297 g/mol. The number of aliphatic hydroxyl groups is 1. The molecular formula is C18H19NO3. The van der Waals surface area contributed by atoms with Crippen molar-refractivity contribution >= 4 is 11.5 Å². The minimum Gasteiger partial charge on any atom is -0.463 e. The lowest BCUT2D eigenvalue weighted by molar-refractivity contribution is -0.139. The van der Waals surface area contributed by atoms with Crippen LogP contribution in [0.15, 0.2) is 42.1 Å². The number of aromatic amines is 1. The first-order valence-corrected chi connectivity index (χ1v) is 7.43. The largest absolute Gasteiger partial charge is 0.463 e. The van der Waals surface area contributed by atoms with E-state index in [2.05, 4.69) is 11.1 Å². The highest BCUT2D eigenvalue weighted by atomic mass is 16.5. The van der Waals surface area contributed by atoms with Crippen LogP contribution in [0, 0.1) is 6.92 Å². The third kappa shape index (κ3) is 2.46. The molecule has 0 amide bonds. The maximum Gasteiger partial charge on any atom is 0.337 e. The topological polar surface area (TPSA) is 62.3 Å². The van der Waals surface area contributed by atoms with E-state index in [0.29, 0.717) is 12.0 Å². The van der Waals surface area contributed by atoms with Crippen LogP contribution in [-0.2, 0) is 16.0 Å². The van der Waals surface area contributed by atoms with Crippen molar-refractivity contribution in [2.75, 3.05) is 6.61 Å². The number of aryl methyl sites for hydroxylation is 1. The van der Waals surface area contributed by atoms with Gasteiger partial charge in [-0.3, -0.25) is 0 Å². The Balaban J connectivity index is 2.14. The molecule has 1 aliphatic rings. The molecule has 0 saturated carbocycles. The zero-order valence-corrected chi connectivity index (χ0v) is 12.7. The first-order chi connectivity index (χ1) is 10.6. The van der Waals surface area contributed by atoms with Crippen molar-refractivity contribution in [2.24, 2.45) is 0 Å². The van der Waals surface area contributed by atoms with E-state index in [4.69, 9.17) is 4.74 Å². The van der Waals surface area contributed by atoms with Gasteiger partial charge in [0.25, 0.3) is 0 Å². The molecule has 0 bridgehead atoms. The third-order valence-electron chi connectivity index (χ3n) is 3.98. The molecule has 114 valence electrons. The van der Waals surface area contributed by atoms with E-state index in [-0.39, 0.29) is 6.61 Å². The molecule has 2 aromatic rings. The number of hydrogen-bond acceptors (Lipinski definition) is 3. The fourth-order valence-corrected chi connectivity index (χ4v) is 2.96. The molecule has 3 rings (SSSR count). The molecule has 4 nitrogen and oxygen atoms in total. The van der Waals surface area contributed by atoms with Crippen molar-refractivity contribution in [2.45, 2.75) is 26.4 Å². The fourth-order valence-electron chi connectivity index (χ4n) is 2.96. The Labute approximate surface area is 129 Å². The van der Waals surface area contributed by atoms with Gasteiger partial charge in [-0.2, -0.15) is 0 Å². The second-order valence-electron chi connectivity index (χ2n) is 5.48. The molecule has 1 aromatic carbocycles. The smallest absolute Gasteiger partial charge is 0.337 e. The molecule has 0 spiro atoms. The lowest BCUT2D eigenvalue weighted by Crippen LogP contribution is -2.22. The maximum atomic E-state index is 12.3. The molecule has 2 N–H and O–H groups in total. The van der Waals surface area contributed by atoms with Gasteiger partial charge in [-0.05, 0) is 42.7 Å². The zero-order valence-electron chi connectivity index (χ0n) is 12.7. The van der Waals surface area contributed by atoms with E-state index < -0.39 is 12.1 Å². The number of benzene rings is 1. The molecular weight excluding hydrogens is 278 g/mol. The van der Waals surface area contributed by atoms with E-state index >= 15 is 0 Å². The van der Waals surface area contributed by atoms with Crippen LogP contribution in [-0.4, -0.2) is 22.7 Å². The van der Waals surface area contributed by atoms with E-state index in [9.17, 15) is 9.90 Å². The number of H-pyrrole nitrogens is 1. The van der Waals surface area contributed by atoms with Crippen LogP contribution < -0.4 is 0 Å². The van der Waals surface area contributed by atoms with Crippen molar-refractivity contribution in [1.82, 2.24) is 4.98 Å². The molecule has 22 heavy (non-hydrogen) atoms. The molecule has 1 unspecified atom stereocenters. The minimum atomic E-state index is -0.957. The SMILES string of the molecule is CCOC(=O)C1=C(c2ccc[nH]2)Cc2cc(C)ccc2C1O. The highest BCUT2D eigenvalue weighted by Gasteiger charge is 2.32. The summed E-state index contributed by atoms with van der Waals surface area (Å²) in [6, 6.07) is 9.68. The van der Waals surface area contributed by atoms with Crippen molar-refractivity contribution in [3.8, 4) is 0 Å². The van der Waals surface area contributed by atoms with Crippen LogP contribution in [0.25, 0.3) is 5.57 Å². The summed E-state index contributed by atoms with van der Waals surface area (Å²) in [5, 5.41) is 10.7. The number of aliphatic hydroxyl groups excluding tert-OH is 1. The molecule has 0 fully saturated rings. The molecule has 1 atom stereocenters. The summed E-state index contributed by atoms with van der Waals surface area (Å²) >= 11 is 0. The lowest BCUT2D eigenvalue weighted by atomic mass is 9.82. The number of fused-ring (bicyclic) bond motifs is 1. The zero-order chi connectivity index (χ0) is 15.7. The Morgan fingerprint density at radius 2 is 2.23 bits per heavy atom.